The van der Waals surface area contributed by atoms with Crippen molar-refractivity contribution in [2.75, 3.05) is 0 Å². The second-order valence-electron chi connectivity index (χ2n) is 5.77. The predicted octanol–water partition coefficient (Wildman–Crippen LogP) is 4.14. The number of hydrogen-bond acceptors (Lipinski definition) is 4. The summed E-state index contributed by atoms with van der Waals surface area (Å²) in [5, 5.41) is 4.79. The molecule has 0 aliphatic rings. The number of hydrogen-bond donors (Lipinski definition) is 1. The lowest BCUT2D eigenvalue weighted by atomic mass is 10.1. The van der Waals surface area contributed by atoms with E-state index in [2.05, 4.69) is 22.3 Å². The molecule has 0 spiro atoms. The van der Waals surface area contributed by atoms with Gasteiger partial charge in [0.2, 0.25) is 5.89 Å². The van der Waals surface area contributed by atoms with E-state index in [1.165, 1.54) is 5.56 Å². The van der Waals surface area contributed by atoms with Gasteiger partial charge in [-0.15, -0.1) is 0 Å². The van der Waals surface area contributed by atoms with Crippen LogP contribution < -0.4 is 5.73 Å². The van der Waals surface area contributed by atoms with E-state index in [4.69, 9.17) is 21.9 Å². The van der Waals surface area contributed by atoms with Crippen molar-refractivity contribution in [3.63, 3.8) is 0 Å². The smallest absolute Gasteiger partial charge is 0.243 e. The van der Waals surface area contributed by atoms with Gasteiger partial charge in [-0.2, -0.15) is 4.98 Å². The van der Waals surface area contributed by atoms with Crippen LogP contribution in [-0.4, -0.2) is 10.1 Å². The van der Waals surface area contributed by atoms with Crippen molar-refractivity contribution in [3.05, 3.63) is 82.5 Å². The molecule has 3 rings (SSSR count). The van der Waals surface area contributed by atoms with Crippen molar-refractivity contribution in [2.45, 2.75) is 31.7 Å². The molecular formula is C19H20ClN3O. The topological polar surface area (TPSA) is 64.9 Å². The highest BCUT2D eigenvalue weighted by atomic mass is 35.5. The first-order valence-corrected chi connectivity index (χ1v) is 8.45. The Morgan fingerprint density at radius 3 is 2.50 bits per heavy atom. The van der Waals surface area contributed by atoms with Crippen LogP contribution in [0.5, 0.6) is 0 Å². The highest BCUT2D eigenvalue weighted by Gasteiger charge is 2.15. The molecule has 4 nitrogen and oxygen atoms in total. The van der Waals surface area contributed by atoms with E-state index in [0.717, 1.165) is 29.8 Å². The van der Waals surface area contributed by atoms with Crippen LogP contribution in [0.4, 0.5) is 0 Å². The third-order valence-corrected chi connectivity index (χ3v) is 4.33. The summed E-state index contributed by atoms with van der Waals surface area (Å²) in [6, 6.07) is 17.8. The summed E-state index contributed by atoms with van der Waals surface area (Å²) < 4.78 is 5.31. The predicted molar refractivity (Wildman–Crippen MR) is 94.8 cm³/mol. The van der Waals surface area contributed by atoms with Crippen LogP contribution in [-0.2, 0) is 19.3 Å². The number of halogens is 1. The summed E-state index contributed by atoms with van der Waals surface area (Å²) in [5.41, 5.74) is 8.51. The molecule has 0 bridgehead atoms. The lowest BCUT2D eigenvalue weighted by Crippen LogP contribution is -2.12. The fourth-order valence-corrected chi connectivity index (χ4v) is 2.79. The zero-order valence-corrected chi connectivity index (χ0v) is 14.1. The Labute approximate surface area is 146 Å². The van der Waals surface area contributed by atoms with E-state index < -0.39 is 0 Å². The first-order valence-electron chi connectivity index (χ1n) is 8.08. The summed E-state index contributed by atoms with van der Waals surface area (Å²) >= 11 is 6.16. The monoisotopic (exact) mass is 341 g/mol. The van der Waals surface area contributed by atoms with Gasteiger partial charge < -0.3 is 10.3 Å². The van der Waals surface area contributed by atoms with Gasteiger partial charge in [-0.25, -0.2) is 0 Å². The molecular weight excluding hydrogens is 322 g/mol. The van der Waals surface area contributed by atoms with Gasteiger partial charge in [-0.1, -0.05) is 65.3 Å². The highest BCUT2D eigenvalue weighted by Crippen LogP contribution is 2.18. The molecule has 2 N–H and O–H groups in total. The molecule has 0 unspecified atom stereocenters. The minimum Gasteiger partial charge on any atom is -0.338 e. The largest absolute Gasteiger partial charge is 0.338 e. The Kier molecular flexibility index (Phi) is 5.62. The lowest BCUT2D eigenvalue weighted by Gasteiger charge is -2.06. The maximum Gasteiger partial charge on any atom is 0.243 e. The molecule has 0 saturated carbocycles. The molecule has 0 aliphatic heterocycles. The molecule has 2 aromatic carbocycles. The minimum atomic E-state index is -0.244. The van der Waals surface area contributed by atoms with Gasteiger partial charge in [-0.3, -0.25) is 0 Å². The molecule has 0 radical (unpaired) electrons. The Hall–Kier alpha value is -2.17. The molecule has 0 aliphatic carbocycles. The summed E-state index contributed by atoms with van der Waals surface area (Å²) in [6.45, 7) is 0. The van der Waals surface area contributed by atoms with Crippen molar-refractivity contribution in [1.29, 1.82) is 0 Å². The molecule has 1 aromatic heterocycles. The first kappa shape index (κ1) is 16.7. The summed E-state index contributed by atoms with van der Waals surface area (Å²) in [4.78, 5) is 4.42. The first-order chi connectivity index (χ1) is 11.7. The zero-order chi connectivity index (χ0) is 16.8. The van der Waals surface area contributed by atoms with Gasteiger partial charge in [0.25, 0.3) is 0 Å². The molecule has 0 saturated heterocycles. The molecule has 1 heterocycles. The van der Waals surface area contributed by atoms with Crippen molar-refractivity contribution in [1.82, 2.24) is 10.1 Å². The average molecular weight is 342 g/mol. The van der Waals surface area contributed by atoms with Crippen LogP contribution in [0.2, 0.25) is 5.02 Å². The normalized spacial score (nSPS) is 12.2. The number of aromatic nitrogens is 2. The highest BCUT2D eigenvalue weighted by molar-refractivity contribution is 6.31. The van der Waals surface area contributed by atoms with Crippen molar-refractivity contribution < 1.29 is 4.52 Å². The van der Waals surface area contributed by atoms with Gasteiger partial charge in [0, 0.05) is 11.4 Å². The van der Waals surface area contributed by atoms with E-state index in [0.29, 0.717) is 18.1 Å². The Bertz CT molecular complexity index is 773. The zero-order valence-electron chi connectivity index (χ0n) is 13.4. The fraction of sp³-hybridized carbons (Fsp3) is 0.263. The van der Waals surface area contributed by atoms with Gasteiger partial charge in [0.1, 0.15) is 0 Å². The van der Waals surface area contributed by atoms with Gasteiger partial charge >= 0.3 is 0 Å². The van der Waals surface area contributed by atoms with Crippen LogP contribution in [0.15, 0.2) is 59.1 Å². The maximum absolute atomic E-state index is 6.17. The average Bonchev–Trinajstić information content (AvgIpc) is 3.09. The fourth-order valence-electron chi connectivity index (χ4n) is 2.56. The van der Waals surface area contributed by atoms with Crippen LogP contribution in [0.25, 0.3) is 0 Å². The summed E-state index contributed by atoms with van der Waals surface area (Å²) in [5.74, 6) is 1.17. The Balaban J connectivity index is 1.54. The summed E-state index contributed by atoms with van der Waals surface area (Å²) in [7, 11) is 0. The Morgan fingerprint density at radius 2 is 1.71 bits per heavy atom. The van der Waals surface area contributed by atoms with E-state index in [1.54, 1.807) is 0 Å². The minimum absolute atomic E-state index is 0.244. The SMILES string of the molecule is N[C@H](CCc1ccccc1)c1nc(CCc2ccccc2Cl)no1. The maximum atomic E-state index is 6.17. The quantitative estimate of drug-likeness (QED) is 0.701. The van der Waals surface area contributed by atoms with Crippen molar-refractivity contribution in [2.24, 2.45) is 5.73 Å². The van der Waals surface area contributed by atoms with Crippen LogP contribution in [0, 0.1) is 0 Å². The van der Waals surface area contributed by atoms with Gasteiger partial charge in [0.15, 0.2) is 5.82 Å². The molecule has 3 aromatic rings. The second kappa shape index (κ2) is 8.08. The van der Waals surface area contributed by atoms with E-state index in [-0.39, 0.29) is 6.04 Å². The molecule has 0 fully saturated rings. The number of aryl methyl sites for hydroxylation is 3. The van der Waals surface area contributed by atoms with Crippen LogP contribution in [0.1, 0.15) is 35.3 Å². The molecule has 1 atom stereocenters. The second-order valence-corrected chi connectivity index (χ2v) is 6.18. The number of rotatable bonds is 7. The van der Waals surface area contributed by atoms with Crippen LogP contribution in [0.3, 0.4) is 0 Å². The number of benzene rings is 2. The molecule has 24 heavy (non-hydrogen) atoms. The summed E-state index contributed by atoms with van der Waals surface area (Å²) in [6.07, 6.45) is 3.12. The third kappa shape index (κ3) is 4.43. The lowest BCUT2D eigenvalue weighted by molar-refractivity contribution is 0.345. The standard InChI is InChI=1S/C19H20ClN3O/c20-16-9-5-4-8-15(16)11-13-18-22-19(24-23-18)17(21)12-10-14-6-2-1-3-7-14/h1-9,17H,10-13,21H2/t17-/m1/s1. The molecule has 5 heteroatoms. The van der Waals surface area contributed by atoms with Gasteiger partial charge in [-0.05, 0) is 36.5 Å². The number of nitrogens with two attached hydrogens (primary N) is 1. The third-order valence-electron chi connectivity index (χ3n) is 3.96. The molecule has 124 valence electrons. The van der Waals surface area contributed by atoms with Crippen molar-refractivity contribution in [3.8, 4) is 0 Å². The van der Waals surface area contributed by atoms with Gasteiger partial charge in [0.05, 0.1) is 6.04 Å². The van der Waals surface area contributed by atoms with E-state index >= 15 is 0 Å². The van der Waals surface area contributed by atoms with Crippen LogP contribution >= 0.6 is 11.6 Å². The van der Waals surface area contributed by atoms with E-state index in [1.807, 2.05) is 42.5 Å². The molecule has 0 amide bonds. The number of nitrogens with zero attached hydrogens (tertiary/aromatic N) is 2. The Morgan fingerprint density at radius 1 is 0.958 bits per heavy atom. The van der Waals surface area contributed by atoms with Crippen molar-refractivity contribution >= 4 is 11.6 Å². The van der Waals surface area contributed by atoms with E-state index in [9.17, 15) is 0 Å².